The summed E-state index contributed by atoms with van der Waals surface area (Å²) in [6, 6.07) is 0. The van der Waals surface area contributed by atoms with Gasteiger partial charge in [0.1, 0.15) is 12.2 Å². The van der Waals surface area contributed by atoms with Gasteiger partial charge in [-0.15, -0.1) is 24.7 Å². The van der Waals surface area contributed by atoms with Crippen LogP contribution in [0, 0.1) is 48.4 Å². The van der Waals surface area contributed by atoms with Crippen LogP contribution in [0.25, 0.3) is 0 Å². The van der Waals surface area contributed by atoms with Crippen molar-refractivity contribution in [2.45, 2.75) is 128 Å². The Kier molecular flexibility index (Phi) is 23.5. The van der Waals surface area contributed by atoms with Crippen molar-refractivity contribution in [3.8, 4) is 48.4 Å². The molecule has 0 bridgehead atoms. The number of terminal acetylenes is 2. The number of allylic oxidation sites excluding steroid dienone is 2. The molecular formula is C30H44O2. The second-order valence-electron chi connectivity index (χ2n) is 8.27. The van der Waals surface area contributed by atoms with Gasteiger partial charge in [-0.1, -0.05) is 87.2 Å². The van der Waals surface area contributed by atoms with Crippen LogP contribution in [0.5, 0.6) is 0 Å². The molecular weight excluding hydrogens is 392 g/mol. The summed E-state index contributed by atoms with van der Waals surface area (Å²) in [5.41, 5.74) is 0. The van der Waals surface area contributed by atoms with E-state index in [1.807, 2.05) is 0 Å². The Balaban J connectivity index is 3.37. The highest BCUT2D eigenvalue weighted by molar-refractivity contribution is 5.08. The molecule has 0 aliphatic carbocycles. The number of hydrogen-bond donors (Lipinski definition) is 2. The van der Waals surface area contributed by atoms with E-state index in [1.165, 1.54) is 51.4 Å². The molecule has 32 heavy (non-hydrogen) atoms. The smallest absolute Gasteiger partial charge is 0.114 e. The molecule has 0 aliphatic rings. The maximum atomic E-state index is 9.27. The summed E-state index contributed by atoms with van der Waals surface area (Å²) in [4.78, 5) is 0. The molecule has 0 aliphatic heterocycles. The molecule has 0 aromatic rings. The lowest BCUT2D eigenvalue weighted by molar-refractivity contribution is 0.217. The van der Waals surface area contributed by atoms with Gasteiger partial charge in [0.05, 0.1) is 0 Å². The topological polar surface area (TPSA) is 40.5 Å². The summed E-state index contributed by atoms with van der Waals surface area (Å²) in [6.45, 7) is 0. The van der Waals surface area contributed by atoms with Crippen molar-refractivity contribution >= 4 is 0 Å². The van der Waals surface area contributed by atoms with Crippen molar-refractivity contribution in [1.29, 1.82) is 0 Å². The van der Waals surface area contributed by atoms with Crippen LogP contribution in [0.4, 0.5) is 0 Å². The number of rotatable bonds is 18. The van der Waals surface area contributed by atoms with E-state index in [9.17, 15) is 10.2 Å². The summed E-state index contributed by atoms with van der Waals surface area (Å²) in [5, 5.41) is 18.5. The largest absolute Gasteiger partial charge is 0.380 e. The summed E-state index contributed by atoms with van der Waals surface area (Å²) in [7, 11) is 0. The Morgan fingerprint density at radius 3 is 1.22 bits per heavy atom. The highest BCUT2D eigenvalue weighted by atomic mass is 16.3. The van der Waals surface area contributed by atoms with Crippen LogP contribution in [-0.4, -0.2) is 22.4 Å². The molecule has 2 N–H and O–H groups in total. The van der Waals surface area contributed by atoms with Crippen LogP contribution < -0.4 is 0 Å². The fraction of sp³-hybridized carbons (Fsp3) is 0.667. The van der Waals surface area contributed by atoms with Crippen LogP contribution in [0.1, 0.15) is 116 Å². The Labute approximate surface area is 198 Å². The Bertz CT molecular complexity index is 595. The highest BCUT2D eigenvalue weighted by Crippen LogP contribution is 2.10. The zero-order valence-electron chi connectivity index (χ0n) is 20.1. The van der Waals surface area contributed by atoms with E-state index in [-0.39, 0.29) is 0 Å². The quantitative estimate of drug-likeness (QED) is 0.145. The number of aliphatic hydroxyl groups is 2. The molecule has 2 nitrogen and oxygen atoms in total. The third-order valence-electron chi connectivity index (χ3n) is 5.30. The molecule has 0 rings (SSSR count). The summed E-state index contributed by atoms with van der Waals surface area (Å²) in [5.74, 6) is 17.6. The lowest BCUT2D eigenvalue weighted by atomic mass is 10.1. The van der Waals surface area contributed by atoms with Crippen molar-refractivity contribution in [1.82, 2.24) is 0 Å². The van der Waals surface area contributed by atoms with Gasteiger partial charge in [0.15, 0.2) is 0 Å². The standard InChI is InChI=1S/C30H44O2/c1-3-29(31)27-25-23-21-19-17-15-13-11-9-7-5-6-8-10-12-14-16-18-20-22-24-26-28-30(32)4-2/h1-2,5-6,29-32H,7-8,13-28H2/b6-5-/t29-,30+. The molecule has 0 aromatic heterocycles. The van der Waals surface area contributed by atoms with Gasteiger partial charge in [-0.2, -0.15) is 0 Å². The normalized spacial score (nSPS) is 12.1. The third kappa shape index (κ3) is 24.2. The minimum atomic E-state index is -0.565. The van der Waals surface area contributed by atoms with Gasteiger partial charge in [0, 0.05) is 25.7 Å². The van der Waals surface area contributed by atoms with Crippen molar-refractivity contribution in [3.63, 3.8) is 0 Å². The molecule has 0 heterocycles. The van der Waals surface area contributed by atoms with Gasteiger partial charge in [-0.25, -0.2) is 0 Å². The number of aliphatic hydroxyl groups excluding tert-OH is 2. The Morgan fingerprint density at radius 2 is 0.844 bits per heavy atom. The molecule has 0 saturated heterocycles. The van der Waals surface area contributed by atoms with Crippen LogP contribution in [0.15, 0.2) is 12.2 Å². The molecule has 0 spiro atoms. The van der Waals surface area contributed by atoms with Crippen LogP contribution in [0.3, 0.4) is 0 Å². The van der Waals surface area contributed by atoms with Crippen molar-refractivity contribution in [3.05, 3.63) is 12.2 Å². The minimum absolute atomic E-state index is 0.565. The van der Waals surface area contributed by atoms with Gasteiger partial charge in [-0.3, -0.25) is 0 Å². The first kappa shape index (κ1) is 29.9. The second-order valence-corrected chi connectivity index (χ2v) is 8.27. The van der Waals surface area contributed by atoms with Crippen molar-refractivity contribution < 1.29 is 10.2 Å². The fourth-order valence-electron chi connectivity index (χ4n) is 3.29. The molecule has 2 heteroatoms. The maximum Gasteiger partial charge on any atom is 0.114 e. The zero-order chi connectivity index (χ0) is 23.5. The second kappa shape index (κ2) is 25.2. The number of unbranched alkanes of at least 4 members (excludes halogenated alkanes) is 12. The average Bonchev–Trinajstić information content (AvgIpc) is 2.81. The van der Waals surface area contributed by atoms with Crippen molar-refractivity contribution in [2.24, 2.45) is 0 Å². The van der Waals surface area contributed by atoms with Crippen molar-refractivity contribution in [2.75, 3.05) is 0 Å². The first-order valence-corrected chi connectivity index (χ1v) is 12.6. The SMILES string of the molecule is C#C[C@@H](O)CCCCCCCCC#CC/C=C\CC#CCCCCCCCC[C@@H](O)C#C. The molecule has 0 saturated carbocycles. The van der Waals surface area contributed by atoms with E-state index in [0.717, 1.165) is 64.2 Å². The number of hydrogen-bond acceptors (Lipinski definition) is 2. The van der Waals surface area contributed by atoms with Gasteiger partial charge in [0.25, 0.3) is 0 Å². The van der Waals surface area contributed by atoms with E-state index in [4.69, 9.17) is 12.8 Å². The monoisotopic (exact) mass is 436 g/mol. The lowest BCUT2D eigenvalue weighted by Gasteiger charge is -2.02. The van der Waals surface area contributed by atoms with Crippen LogP contribution >= 0.6 is 0 Å². The van der Waals surface area contributed by atoms with Gasteiger partial charge in [-0.05, 0) is 38.5 Å². The Hall–Kier alpha value is -2.10. The first-order valence-electron chi connectivity index (χ1n) is 12.6. The molecule has 0 unspecified atom stereocenters. The zero-order valence-corrected chi connectivity index (χ0v) is 20.1. The van der Waals surface area contributed by atoms with Crippen LogP contribution in [-0.2, 0) is 0 Å². The summed E-state index contributed by atoms with van der Waals surface area (Å²) < 4.78 is 0. The van der Waals surface area contributed by atoms with E-state index in [2.05, 4.69) is 47.7 Å². The highest BCUT2D eigenvalue weighted by Gasteiger charge is 1.98. The predicted octanol–water partition coefficient (Wildman–Crippen LogP) is 6.56. The third-order valence-corrected chi connectivity index (χ3v) is 5.30. The van der Waals surface area contributed by atoms with E-state index < -0.39 is 12.2 Å². The van der Waals surface area contributed by atoms with E-state index in [1.54, 1.807) is 0 Å². The molecule has 0 amide bonds. The van der Waals surface area contributed by atoms with Crippen LogP contribution in [0.2, 0.25) is 0 Å². The molecule has 0 fully saturated rings. The Morgan fingerprint density at radius 1 is 0.500 bits per heavy atom. The minimum Gasteiger partial charge on any atom is -0.380 e. The van der Waals surface area contributed by atoms with Gasteiger partial charge < -0.3 is 10.2 Å². The summed E-state index contributed by atoms with van der Waals surface area (Å²) in [6.07, 6.45) is 32.5. The lowest BCUT2D eigenvalue weighted by Crippen LogP contribution is -2.01. The maximum absolute atomic E-state index is 9.27. The fourth-order valence-corrected chi connectivity index (χ4v) is 3.29. The molecule has 2 atom stereocenters. The van der Waals surface area contributed by atoms with Gasteiger partial charge >= 0.3 is 0 Å². The predicted molar refractivity (Wildman–Crippen MR) is 137 cm³/mol. The van der Waals surface area contributed by atoms with E-state index >= 15 is 0 Å². The molecule has 176 valence electrons. The molecule has 0 radical (unpaired) electrons. The van der Waals surface area contributed by atoms with Gasteiger partial charge in [0.2, 0.25) is 0 Å². The summed E-state index contributed by atoms with van der Waals surface area (Å²) >= 11 is 0. The van der Waals surface area contributed by atoms with E-state index in [0.29, 0.717) is 0 Å². The molecule has 0 aromatic carbocycles. The average molecular weight is 437 g/mol. The first-order chi connectivity index (χ1) is 15.7.